The summed E-state index contributed by atoms with van der Waals surface area (Å²) >= 11 is 0. The zero-order valence-electron chi connectivity index (χ0n) is 18.8. The van der Waals surface area contributed by atoms with Gasteiger partial charge in [0, 0.05) is 31.9 Å². The molecule has 11 heteroatoms. The zero-order valence-corrected chi connectivity index (χ0v) is 18.8. The maximum atomic E-state index is 11.3. The number of hydrogen-bond acceptors (Lipinski definition) is 8. The standard InChI is InChI=1S/C23H22N10O/c1-13-26-21(24-3)31-22(27-13)33-19-12-16(15-4-7-17(8-5-15)28-14(2)34)6-9-18(19)29-23(33)30-20-10-11-25-32-20/h4-12H,1-3H3,(H,28,34)(H,24,26,27,31)(H2,25,29,30,32). The molecule has 0 aliphatic carbocycles. The Morgan fingerprint density at radius 2 is 1.76 bits per heavy atom. The second kappa shape index (κ2) is 8.62. The minimum atomic E-state index is -0.108. The van der Waals surface area contributed by atoms with Crippen LogP contribution in [0.3, 0.4) is 0 Å². The van der Waals surface area contributed by atoms with Crippen LogP contribution in [0.5, 0.6) is 0 Å². The van der Waals surface area contributed by atoms with E-state index in [4.69, 9.17) is 4.98 Å². The predicted octanol–water partition coefficient (Wildman–Crippen LogP) is 3.65. The topological polar surface area (TPSA) is 138 Å². The van der Waals surface area contributed by atoms with Gasteiger partial charge in [-0.05, 0) is 42.3 Å². The third-order valence-electron chi connectivity index (χ3n) is 5.09. The molecule has 0 atom stereocenters. The highest BCUT2D eigenvalue weighted by Crippen LogP contribution is 2.30. The number of H-pyrrole nitrogens is 1. The number of carbonyl (C=O) groups excluding carboxylic acids is 1. The summed E-state index contributed by atoms with van der Waals surface area (Å²) in [6.07, 6.45) is 1.73. The first-order valence-electron chi connectivity index (χ1n) is 10.6. The Balaban J connectivity index is 1.65. The number of fused-ring (bicyclic) bond motifs is 1. The van der Waals surface area contributed by atoms with Crippen molar-refractivity contribution in [1.82, 2.24) is 34.7 Å². The number of nitrogens with zero attached hydrogens (tertiary/aromatic N) is 6. The van der Waals surface area contributed by atoms with E-state index in [0.29, 0.717) is 29.5 Å². The summed E-state index contributed by atoms with van der Waals surface area (Å²) in [6, 6.07) is 15.5. The van der Waals surface area contributed by atoms with Crippen LogP contribution in [-0.2, 0) is 4.79 Å². The highest BCUT2D eigenvalue weighted by atomic mass is 16.1. The molecule has 0 radical (unpaired) electrons. The SMILES string of the molecule is CNc1nc(C)nc(-n2c(Nc3cc[nH]n3)nc3ccc(-c4ccc(NC(C)=O)cc4)cc32)n1. The van der Waals surface area contributed by atoms with Crippen LogP contribution in [0, 0.1) is 6.92 Å². The molecule has 3 heterocycles. The van der Waals surface area contributed by atoms with Crippen LogP contribution in [0.2, 0.25) is 0 Å². The Labute approximate surface area is 194 Å². The number of benzene rings is 2. The molecule has 0 fully saturated rings. The van der Waals surface area contributed by atoms with Crippen molar-refractivity contribution in [3.63, 3.8) is 0 Å². The lowest BCUT2D eigenvalue weighted by Gasteiger charge is -2.10. The number of carbonyl (C=O) groups is 1. The summed E-state index contributed by atoms with van der Waals surface area (Å²) in [5, 5.41) is 16.0. The fourth-order valence-corrected chi connectivity index (χ4v) is 3.61. The molecule has 0 unspecified atom stereocenters. The van der Waals surface area contributed by atoms with E-state index in [1.54, 1.807) is 13.2 Å². The highest BCUT2D eigenvalue weighted by molar-refractivity contribution is 5.90. The minimum absolute atomic E-state index is 0.108. The molecule has 0 spiro atoms. The minimum Gasteiger partial charge on any atom is -0.357 e. The van der Waals surface area contributed by atoms with Gasteiger partial charge in [-0.1, -0.05) is 18.2 Å². The van der Waals surface area contributed by atoms with Crippen molar-refractivity contribution in [2.75, 3.05) is 23.0 Å². The summed E-state index contributed by atoms with van der Waals surface area (Å²) < 4.78 is 1.84. The smallest absolute Gasteiger partial charge is 0.242 e. The number of rotatable bonds is 6. The molecule has 11 nitrogen and oxygen atoms in total. The summed E-state index contributed by atoms with van der Waals surface area (Å²) in [4.78, 5) is 29.5. The molecule has 0 saturated heterocycles. The Hall–Kier alpha value is -4.80. The first-order chi connectivity index (χ1) is 16.5. The summed E-state index contributed by atoms with van der Waals surface area (Å²) in [7, 11) is 1.76. The second-order valence-corrected chi connectivity index (χ2v) is 7.57. The maximum absolute atomic E-state index is 11.3. The molecule has 170 valence electrons. The lowest BCUT2D eigenvalue weighted by Crippen LogP contribution is -2.10. The number of hydrogen-bond donors (Lipinski definition) is 4. The molecular weight excluding hydrogens is 432 g/mol. The largest absolute Gasteiger partial charge is 0.357 e. The number of imidazole rings is 1. The average molecular weight is 454 g/mol. The zero-order chi connectivity index (χ0) is 23.7. The Morgan fingerprint density at radius 1 is 0.971 bits per heavy atom. The Bertz CT molecular complexity index is 1470. The third-order valence-corrected chi connectivity index (χ3v) is 5.09. The quantitative estimate of drug-likeness (QED) is 0.305. The van der Waals surface area contributed by atoms with Crippen LogP contribution >= 0.6 is 0 Å². The monoisotopic (exact) mass is 454 g/mol. The van der Waals surface area contributed by atoms with Gasteiger partial charge in [0.1, 0.15) is 5.82 Å². The van der Waals surface area contributed by atoms with Crippen LogP contribution in [0.1, 0.15) is 12.7 Å². The lowest BCUT2D eigenvalue weighted by atomic mass is 10.0. The number of nitrogens with one attached hydrogen (secondary N) is 4. The molecule has 0 bridgehead atoms. The molecule has 0 aliphatic heterocycles. The fourth-order valence-electron chi connectivity index (χ4n) is 3.61. The third kappa shape index (κ3) is 4.13. The highest BCUT2D eigenvalue weighted by Gasteiger charge is 2.18. The van der Waals surface area contributed by atoms with Crippen molar-refractivity contribution in [1.29, 1.82) is 0 Å². The molecule has 34 heavy (non-hydrogen) atoms. The van der Waals surface area contributed by atoms with Gasteiger partial charge in [-0.15, -0.1) is 0 Å². The molecule has 3 aromatic heterocycles. The number of anilines is 4. The fraction of sp³-hybridized carbons (Fsp3) is 0.130. The van der Waals surface area contributed by atoms with Gasteiger partial charge in [-0.2, -0.15) is 20.1 Å². The first-order valence-corrected chi connectivity index (χ1v) is 10.6. The van der Waals surface area contributed by atoms with Crippen LogP contribution in [0.4, 0.5) is 23.4 Å². The Morgan fingerprint density at radius 3 is 2.47 bits per heavy atom. The van der Waals surface area contributed by atoms with Gasteiger partial charge in [-0.25, -0.2) is 9.55 Å². The van der Waals surface area contributed by atoms with Crippen molar-refractivity contribution >= 4 is 40.3 Å². The van der Waals surface area contributed by atoms with E-state index < -0.39 is 0 Å². The summed E-state index contributed by atoms with van der Waals surface area (Å²) in [6.45, 7) is 3.30. The van der Waals surface area contributed by atoms with Crippen molar-refractivity contribution in [3.05, 3.63) is 60.6 Å². The van der Waals surface area contributed by atoms with Crippen molar-refractivity contribution in [2.45, 2.75) is 13.8 Å². The predicted molar refractivity (Wildman–Crippen MR) is 130 cm³/mol. The molecular formula is C23H22N10O. The van der Waals surface area contributed by atoms with Crippen LogP contribution in [0.25, 0.3) is 28.1 Å². The van der Waals surface area contributed by atoms with Gasteiger partial charge in [0.25, 0.3) is 0 Å². The van der Waals surface area contributed by atoms with Crippen LogP contribution in [-0.4, -0.2) is 47.7 Å². The van der Waals surface area contributed by atoms with Gasteiger partial charge in [-0.3, -0.25) is 9.89 Å². The van der Waals surface area contributed by atoms with E-state index in [0.717, 1.165) is 27.8 Å². The number of aromatic nitrogens is 7. The van der Waals surface area contributed by atoms with E-state index >= 15 is 0 Å². The van der Waals surface area contributed by atoms with Gasteiger partial charge < -0.3 is 16.0 Å². The van der Waals surface area contributed by atoms with Gasteiger partial charge in [0.2, 0.25) is 23.8 Å². The number of aromatic amines is 1. The van der Waals surface area contributed by atoms with E-state index in [2.05, 4.69) is 41.1 Å². The normalized spacial score (nSPS) is 10.9. The van der Waals surface area contributed by atoms with Crippen molar-refractivity contribution in [2.24, 2.45) is 0 Å². The molecule has 1 amide bonds. The maximum Gasteiger partial charge on any atom is 0.242 e. The number of aryl methyl sites for hydroxylation is 1. The number of amides is 1. The van der Waals surface area contributed by atoms with Crippen LogP contribution in [0.15, 0.2) is 54.7 Å². The van der Waals surface area contributed by atoms with Gasteiger partial charge in [0.15, 0.2) is 5.82 Å². The Kier molecular flexibility index (Phi) is 5.34. The van der Waals surface area contributed by atoms with Crippen molar-refractivity contribution < 1.29 is 4.79 Å². The van der Waals surface area contributed by atoms with E-state index in [-0.39, 0.29) is 5.91 Å². The second-order valence-electron chi connectivity index (χ2n) is 7.57. The molecule has 2 aromatic carbocycles. The van der Waals surface area contributed by atoms with E-state index in [9.17, 15) is 4.79 Å². The van der Waals surface area contributed by atoms with Crippen molar-refractivity contribution in [3.8, 4) is 17.1 Å². The molecule has 0 aliphatic rings. The van der Waals surface area contributed by atoms with Gasteiger partial charge >= 0.3 is 0 Å². The molecule has 5 aromatic rings. The molecule has 0 saturated carbocycles. The van der Waals surface area contributed by atoms with E-state index in [1.165, 1.54) is 6.92 Å². The summed E-state index contributed by atoms with van der Waals surface area (Å²) in [5.74, 6) is 2.49. The summed E-state index contributed by atoms with van der Waals surface area (Å²) in [5.41, 5.74) is 4.30. The molecule has 5 rings (SSSR count). The average Bonchev–Trinajstić information content (AvgIpc) is 3.46. The molecule has 4 N–H and O–H groups in total. The lowest BCUT2D eigenvalue weighted by molar-refractivity contribution is -0.114. The van der Waals surface area contributed by atoms with E-state index in [1.807, 2.05) is 60.0 Å². The van der Waals surface area contributed by atoms with Gasteiger partial charge in [0.05, 0.1) is 11.0 Å². The first kappa shape index (κ1) is 21.1. The van der Waals surface area contributed by atoms with Crippen LogP contribution < -0.4 is 16.0 Å².